The topological polar surface area (TPSA) is 117 Å². The largest absolute Gasteiger partial charge is 0.497 e. The predicted molar refractivity (Wildman–Crippen MR) is 144 cm³/mol. The molecule has 1 fully saturated rings. The van der Waals surface area contributed by atoms with Crippen molar-refractivity contribution in [2.45, 2.75) is 50.9 Å². The average molecular weight is 536 g/mol. The highest BCUT2D eigenvalue weighted by molar-refractivity contribution is 6.33. The zero-order valence-electron chi connectivity index (χ0n) is 21.3. The number of fused-ring (bicyclic) bond motifs is 1. The molecule has 9 nitrogen and oxygen atoms in total. The standard InChI is InChI=1S/C28H30ClN5O4/c1-16(17-4-3-5-22(10-17)38-2)31-25(36)15-34-14-19-7-6-18(11-23(19)27(34)37)26-24(29)13-30-28(33-26)32-20-8-9-21(35)12-20/h3-7,10-11,13,16,20-21,35H,8-9,12,14-15H2,1-2H3,(H,31,36)(H,30,32,33)/t16-,20+,21-/m1/s1. The van der Waals surface area contributed by atoms with Gasteiger partial charge in [0.25, 0.3) is 5.91 Å². The Kier molecular flexibility index (Phi) is 7.49. The van der Waals surface area contributed by atoms with E-state index in [-0.39, 0.29) is 36.5 Å². The molecule has 3 N–H and O–H groups in total. The minimum Gasteiger partial charge on any atom is -0.497 e. The molecule has 2 heterocycles. The number of carbonyl (C=O) groups excluding carboxylic acids is 2. The smallest absolute Gasteiger partial charge is 0.254 e. The summed E-state index contributed by atoms with van der Waals surface area (Å²) in [7, 11) is 1.60. The Morgan fingerprint density at radius 2 is 2.11 bits per heavy atom. The van der Waals surface area contributed by atoms with E-state index in [1.807, 2.05) is 43.3 Å². The van der Waals surface area contributed by atoms with Crippen molar-refractivity contribution in [2.24, 2.45) is 0 Å². The van der Waals surface area contributed by atoms with Crippen molar-refractivity contribution >= 4 is 29.4 Å². The lowest BCUT2D eigenvalue weighted by atomic mass is 10.0. The molecule has 0 spiro atoms. The van der Waals surface area contributed by atoms with Crippen LogP contribution in [0.2, 0.25) is 5.02 Å². The number of methoxy groups -OCH3 is 1. The van der Waals surface area contributed by atoms with Crippen LogP contribution in [0.15, 0.2) is 48.7 Å². The Balaban J connectivity index is 1.26. The van der Waals surface area contributed by atoms with Gasteiger partial charge in [-0.1, -0.05) is 35.9 Å². The molecule has 198 valence electrons. The maximum Gasteiger partial charge on any atom is 0.254 e. The number of aliphatic hydroxyl groups excluding tert-OH is 1. The van der Waals surface area contributed by atoms with E-state index >= 15 is 0 Å². The Bertz CT molecular complexity index is 1370. The number of nitrogens with zero attached hydrogens (tertiary/aromatic N) is 3. The minimum atomic E-state index is -0.308. The molecular weight excluding hydrogens is 506 g/mol. The number of aliphatic hydroxyl groups is 1. The van der Waals surface area contributed by atoms with Crippen LogP contribution in [0.25, 0.3) is 11.3 Å². The summed E-state index contributed by atoms with van der Waals surface area (Å²) in [4.78, 5) is 36.4. The van der Waals surface area contributed by atoms with Crippen LogP contribution in [0, 0.1) is 0 Å². The number of hydrogen-bond acceptors (Lipinski definition) is 7. The highest BCUT2D eigenvalue weighted by Gasteiger charge is 2.30. The quantitative estimate of drug-likeness (QED) is 0.399. The normalized spacial score (nSPS) is 19.3. The van der Waals surface area contributed by atoms with Gasteiger partial charge in [0.15, 0.2) is 0 Å². The summed E-state index contributed by atoms with van der Waals surface area (Å²) in [5.74, 6) is 0.690. The third kappa shape index (κ3) is 5.58. The summed E-state index contributed by atoms with van der Waals surface area (Å²) >= 11 is 6.42. The lowest BCUT2D eigenvalue weighted by Gasteiger charge is -2.19. The summed E-state index contributed by atoms with van der Waals surface area (Å²) in [6.45, 7) is 2.19. The maximum absolute atomic E-state index is 13.2. The number of aromatic nitrogens is 2. The first-order valence-electron chi connectivity index (χ1n) is 12.6. The number of hydrogen-bond donors (Lipinski definition) is 3. The molecular formula is C28H30ClN5O4. The van der Waals surface area contributed by atoms with E-state index < -0.39 is 0 Å². The fourth-order valence-corrected chi connectivity index (χ4v) is 5.20. The van der Waals surface area contributed by atoms with Crippen molar-refractivity contribution in [3.05, 3.63) is 70.4 Å². The highest BCUT2D eigenvalue weighted by atomic mass is 35.5. The van der Waals surface area contributed by atoms with E-state index in [0.29, 0.717) is 46.5 Å². The number of amides is 2. The van der Waals surface area contributed by atoms with E-state index in [2.05, 4.69) is 20.6 Å². The third-order valence-corrected chi connectivity index (χ3v) is 7.33. The Hall–Kier alpha value is -3.69. The van der Waals surface area contributed by atoms with E-state index in [1.165, 1.54) is 11.1 Å². The molecule has 3 aromatic rings. The van der Waals surface area contributed by atoms with Crippen LogP contribution < -0.4 is 15.4 Å². The summed E-state index contributed by atoms with van der Waals surface area (Å²) in [5.41, 5.74) is 3.49. The molecule has 1 saturated carbocycles. The zero-order valence-corrected chi connectivity index (χ0v) is 22.0. The van der Waals surface area contributed by atoms with Crippen LogP contribution in [-0.2, 0) is 11.3 Å². The third-order valence-electron chi connectivity index (χ3n) is 7.05. The van der Waals surface area contributed by atoms with E-state index in [4.69, 9.17) is 16.3 Å². The molecule has 0 radical (unpaired) electrons. The van der Waals surface area contributed by atoms with E-state index in [1.54, 1.807) is 13.2 Å². The minimum absolute atomic E-state index is 0.0489. The monoisotopic (exact) mass is 535 g/mol. The van der Waals surface area contributed by atoms with Crippen LogP contribution in [0.5, 0.6) is 5.75 Å². The second-order valence-corrected chi connectivity index (χ2v) is 10.2. The second-order valence-electron chi connectivity index (χ2n) is 9.80. The molecule has 2 aromatic carbocycles. The van der Waals surface area contributed by atoms with Crippen LogP contribution in [0.1, 0.15) is 53.7 Å². The van der Waals surface area contributed by atoms with Gasteiger partial charge in [-0.3, -0.25) is 9.59 Å². The van der Waals surface area contributed by atoms with Crippen LogP contribution in [0.3, 0.4) is 0 Å². The number of rotatable bonds is 8. The van der Waals surface area contributed by atoms with Crippen molar-refractivity contribution in [3.8, 4) is 17.0 Å². The van der Waals surface area contributed by atoms with Crippen molar-refractivity contribution in [1.82, 2.24) is 20.2 Å². The van der Waals surface area contributed by atoms with Gasteiger partial charge < -0.3 is 25.4 Å². The lowest BCUT2D eigenvalue weighted by Crippen LogP contribution is -2.38. The molecule has 0 saturated heterocycles. The second kappa shape index (κ2) is 11.0. The molecule has 10 heteroatoms. The van der Waals surface area contributed by atoms with E-state index in [9.17, 15) is 14.7 Å². The number of ether oxygens (including phenoxy) is 1. The van der Waals surface area contributed by atoms with Gasteiger partial charge in [0.2, 0.25) is 11.9 Å². The van der Waals surface area contributed by atoms with Gasteiger partial charge in [0.1, 0.15) is 12.3 Å². The van der Waals surface area contributed by atoms with Crippen LogP contribution in [0.4, 0.5) is 5.95 Å². The number of benzene rings is 2. The lowest BCUT2D eigenvalue weighted by molar-refractivity contribution is -0.122. The van der Waals surface area contributed by atoms with Gasteiger partial charge >= 0.3 is 0 Å². The van der Waals surface area contributed by atoms with Crippen molar-refractivity contribution in [2.75, 3.05) is 19.0 Å². The highest BCUT2D eigenvalue weighted by Crippen LogP contribution is 2.32. The summed E-state index contributed by atoms with van der Waals surface area (Å²) in [6.07, 6.45) is 3.47. The zero-order chi connectivity index (χ0) is 26.8. The number of halogens is 1. The van der Waals surface area contributed by atoms with Gasteiger partial charge in [0, 0.05) is 23.7 Å². The van der Waals surface area contributed by atoms with Gasteiger partial charge in [-0.2, -0.15) is 0 Å². The molecule has 2 amide bonds. The van der Waals surface area contributed by atoms with Gasteiger partial charge in [-0.05, 0) is 55.5 Å². The summed E-state index contributed by atoms with van der Waals surface area (Å²) < 4.78 is 5.26. The summed E-state index contributed by atoms with van der Waals surface area (Å²) in [6, 6.07) is 12.9. The fraction of sp³-hybridized carbons (Fsp3) is 0.357. The van der Waals surface area contributed by atoms with Gasteiger partial charge in [-0.25, -0.2) is 9.97 Å². The first-order valence-corrected chi connectivity index (χ1v) is 13.0. The molecule has 3 atom stereocenters. The van der Waals surface area contributed by atoms with E-state index in [0.717, 1.165) is 24.0 Å². The van der Waals surface area contributed by atoms with Gasteiger partial charge in [0.05, 0.1) is 36.2 Å². The molecule has 5 rings (SSSR count). The Morgan fingerprint density at radius 3 is 2.87 bits per heavy atom. The van der Waals surface area contributed by atoms with Crippen LogP contribution in [-0.4, -0.2) is 57.6 Å². The van der Waals surface area contributed by atoms with Crippen LogP contribution >= 0.6 is 11.6 Å². The first kappa shape index (κ1) is 25.9. The van der Waals surface area contributed by atoms with Crippen molar-refractivity contribution in [1.29, 1.82) is 0 Å². The van der Waals surface area contributed by atoms with Crippen molar-refractivity contribution in [3.63, 3.8) is 0 Å². The number of nitrogens with one attached hydrogen (secondary N) is 2. The molecule has 0 bridgehead atoms. The Morgan fingerprint density at radius 1 is 1.26 bits per heavy atom. The Labute approximate surface area is 226 Å². The molecule has 38 heavy (non-hydrogen) atoms. The maximum atomic E-state index is 13.2. The fourth-order valence-electron chi connectivity index (χ4n) is 5.00. The predicted octanol–water partition coefficient (Wildman–Crippen LogP) is 3.96. The SMILES string of the molecule is COc1cccc([C@@H](C)NC(=O)CN2Cc3ccc(-c4nc(N[C@H]5CC[C@@H](O)C5)ncc4Cl)cc3C2=O)c1. The molecule has 0 unspecified atom stereocenters. The number of carbonyl (C=O) groups is 2. The molecule has 1 aliphatic carbocycles. The first-order chi connectivity index (χ1) is 18.3. The molecule has 1 aliphatic heterocycles. The molecule has 1 aromatic heterocycles. The molecule has 2 aliphatic rings. The van der Waals surface area contributed by atoms with Gasteiger partial charge in [-0.15, -0.1) is 0 Å². The summed E-state index contributed by atoms with van der Waals surface area (Å²) in [5, 5.41) is 16.4. The van der Waals surface area contributed by atoms with Crippen molar-refractivity contribution < 1.29 is 19.4 Å². The number of anilines is 1. The average Bonchev–Trinajstić information content (AvgIpc) is 3.46.